The molecule has 1 aromatic heterocycles. The van der Waals surface area contributed by atoms with Crippen molar-refractivity contribution in [3.8, 4) is 6.07 Å². The summed E-state index contributed by atoms with van der Waals surface area (Å²) in [5.74, 6) is -5.75. The molecular weight excluding hydrogens is 442 g/mol. The van der Waals surface area contributed by atoms with Gasteiger partial charge in [-0.2, -0.15) is 23.2 Å². The van der Waals surface area contributed by atoms with E-state index in [0.29, 0.717) is 23.8 Å². The minimum Gasteiger partial charge on any atom is -0.343 e. The number of nitrogens with zero attached hydrogens (tertiary/aromatic N) is 2. The lowest BCUT2D eigenvalue weighted by atomic mass is 10.2. The minimum atomic E-state index is -5.02. The van der Waals surface area contributed by atoms with Gasteiger partial charge in [-0.15, -0.1) is 0 Å². The van der Waals surface area contributed by atoms with Crippen LogP contribution in [0.3, 0.4) is 0 Å². The predicted molar refractivity (Wildman–Crippen MR) is 90.2 cm³/mol. The third-order valence-corrected chi connectivity index (χ3v) is 5.39. The topological polar surface area (TPSA) is 104 Å². The Labute approximate surface area is 166 Å². The molecule has 0 spiro atoms. The van der Waals surface area contributed by atoms with Crippen molar-refractivity contribution in [2.45, 2.75) is 24.0 Å². The van der Waals surface area contributed by atoms with Crippen LogP contribution in [0.2, 0.25) is 0 Å². The minimum absolute atomic E-state index is 0.496. The zero-order valence-corrected chi connectivity index (χ0v) is 15.9. The van der Waals surface area contributed by atoms with E-state index >= 15 is 0 Å². The first-order valence-corrected chi connectivity index (χ1v) is 9.32. The Morgan fingerprint density at radius 3 is 2.33 bits per heavy atom. The van der Waals surface area contributed by atoms with E-state index in [0.717, 1.165) is 13.1 Å². The first-order chi connectivity index (χ1) is 13.7. The molecule has 162 valence electrons. The summed E-state index contributed by atoms with van der Waals surface area (Å²) in [7, 11) is -4.00. The third-order valence-electron chi connectivity index (χ3n) is 3.87. The van der Waals surface area contributed by atoms with Crippen LogP contribution in [0.4, 0.5) is 32.0 Å². The maximum atomic E-state index is 14.6. The number of carbonyl (C=O) groups excluding carboxylic acids is 1. The van der Waals surface area contributed by atoms with E-state index in [4.69, 9.17) is 5.26 Å². The Kier molecular flexibility index (Phi) is 6.19. The molecule has 1 heterocycles. The van der Waals surface area contributed by atoms with Crippen molar-refractivity contribution in [2.24, 2.45) is 7.05 Å². The zero-order valence-electron chi connectivity index (χ0n) is 15.1. The molecule has 2 rings (SSSR count). The van der Waals surface area contributed by atoms with E-state index in [1.54, 1.807) is 0 Å². The average molecular weight is 454 g/mol. The molecule has 0 bridgehead atoms. The summed E-state index contributed by atoms with van der Waals surface area (Å²) in [6, 6.07) is 0.0977. The number of hydrogen-bond acceptors (Lipinski definition) is 4. The van der Waals surface area contributed by atoms with Gasteiger partial charge in [0.05, 0.1) is 5.69 Å². The Morgan fingerprint density at radius 1 is 1.20 bits per heavy atom. The number of nitriles is 1. The molecule has 0 fully saturated rings. The number of amides is 1. The highest BCUT2D eigenvalue weighted by Gasteiger charge is 2.40. The SMILES string of the molecule is C[C@@H](NS(=O)(=O)c1cn(C)c(C(=O)Nc2ccc(F)c(C#N)c2F)c1F)C(F)(F)F. The summed E-state index contributed by atoms with van der Waals surface area (Å²) >= 11 is 0. The van der Waals surface area contributed by atoms with Crippen molar-refractivity contribution in [2.75, 3.05) is 5.32 Å². The Bertz CT molecular complexity index is 1150. The summed E-state index contributed by atoms with van der Waals surface area (Å²) in [5, 5.41) is 10.6. The number of hydrogen-bond donors (Lipinski definition) is 2. The number of halogens is 6. The zero-order chi connectivity index (χ0) is 23.0. The quantitative estimate of drug-likeness (QED) is 0.678. The number of nitrogens with one attached hydrogen (secondary N) is 2. The molecule has 0 aliphatic rings. The van der Waals surface area contributed by atoms with E-state index in [1.165, 1.54) is 10.8 Å². The molecule has 1 amide bonds. The molecule has 0 unspecified atom stereocenters. The van der Waals surface area contributed by atoms with Gasteiger partial charge in [0.15, 0.2) is 11.6 Å². The second-order valence-corrected chi connectivity index (χ2v) is 7.68. The number of aromatic nitrogens is 1. The van der Waals surface area contributed by atoms with Gasteiger partial charge in [-0.05, 0) is 19.1 Å². The standard InChI is InChI=1S/C16H12F6N4O3S/c1-7(16(20,21)22)25-30(28,29)11-6-26(2)14(13(11)19)15(27)24-10-4-3-9(17)8(5-23)12(10)18/h3-4,6-7,25H,1-2H3,(H,24,27)/t7-/m1/s1. The number of aryl methyl sites for hydroxylation is 1. The monoisotopic (exact) mass is 454 g/mol. The number of benzene rings is 1. The largest absolute Gasteiger partial charge is 0.404 e. The summed E-state index contributed by atoms with van der Waals surface area (Å²) in [6.07, 6.45) is -4.39. The van der Waals surface area contributed by atoms with Crippen molar-refractivity contribution in [3.05, 3.63) is 47.0 Å². The van der Waals surface area contributed by atoms with E-state index in [2.05, 4.69) is 0 Å². The van der Waals surface area contributed by atoms with Gasteiger partial charge in [-0.3, -0.25) is 4.79 Å². The van der Waals surface area contributed by atoms with Crippen LogP contribution in [-0.2, 0) is 17.1 Å². The fourth-order valence-electron chi connectivity index (χ4n) is 2.31. The predicted octanol–water partition coefficient (Wildman–Crippen LogP) is 2.80. The smallest absolute Gasteiger partial charge is 0.343 e. The highest BCUT2D eigenvalue weighted by molar-refractivity contribution is 7.89. The lowest BCUT2D eigenvalue weighted by Crippen LogP contribution is -2.43. The van der Waals surface area contributed by atoms with Gasteiger partial charge in [0.25, 0.3) is 5.91 Å². The molecule has 1 aromatic carbocycles. The first kappa shape index (κ1) is 23.2. The van der Waals surface area contributed by atoms with Crippen LogP contribution in [0, 0.1) is 28.8 Å². The van der Waals surface area contributed by atoms with Crippen LogP contribution >= 0.6 is 0 Å². The van der Waals surface area contributed by atoms with Gasteiger partial charge >= 0.3 is 6.18 Å². The highest BCUT2D eigenvalue weighted by Crippen LogP contribution is 2.26. The van der Waals surface area contributed by atoms with Crippen molar-refractivity contribution in [1.82, 2.24) is 9.29 Å². The second-order valence-electron chi connectivity index (χ2n) is 6.00. The molecule has 2 aromatic rings. The number of carbonyl (C=O) groups is 1. The van der Waals surface area contributed by atoms with Crippen LogP contribution in [0.1, 0.15) is 23.0 Å². The number of alkyl halides is 3. The summed E-state index contributed by atoms with van der Waals surface area (Å²) < 4.78 is 106. The van der Waals surface area contributed by atoms with Crippen LogP contribution in [-0.4, -0.2) is 31.1 Å². The van der Waals surface area contributed by atoms with Crippen molar-refractivity contribution >= 4 is 21.6 Å². The maximum Gasteiger partial charge on any atom is 0.404 e. The molecule has 0 radical (unpaired) electrons. The number of rotatable bonds is 5. The molecule has 14 heteroatoms. The van der Waals surface area contributed by atoms with Crippen LogP contribution in [0.25, 0.3) is 0 Å². The van der Waals surface area contributed by atoms with Crippen molar-refractivity contribution < 1.29 is 39.6 Å². The van der Waals surface area contributed by atoms with Gasteiger partial charge in [0, 0.05) is 13.2 Å². The average Bonchev–Trinajstić information content (AvgIpc) is 2.92. The van der Waals surface area contributed by atoms with Gasteiger partial charge in [0.1, 0.15) is 34.1 Å². The van der Waals surface area contributed by atoms with Gasteiger partial charge in [-0.25, -0.2) is 21.6 Å². The molecule has 0 saturated heterocycles. The summed E-state index contributed by atoms with van der Waals surface area (Å²) in [6.45, 7) is 0.496. The highest BCUT2D eigenvalue weighted by atomic mass is 32.2. The van der Waals surface area contributed by atoms with E-state index in [-0.39, 0.29) is 0 Å². The van der Waals surface area contributed by atoms with E-state index < -0.39 is 67.4 Å². The molecule has 30 heavy (non-hydrogen) atoms. The summed E-state index contributed by atoms with van der Waals surface area (Å²) in [5.41, 5.74) is -2.68. The second kappa shape index (κ2) is 8.00. The lowest BCUT2D eigenvalue weighted by Gasteiger charge is -2.16. The Morgan fingerprint density at radius 2 is 1.80 bits per heavy atom. The first-order valence-electron chi connectivity index (χ1n) is 7.84. The van der Waals surface area contributed by atoms with Crippen LogP contribution < -0.4 is 10.0 Å². The van der Waals surface area contributed by atoms with Crippen LogP contribution in [0.5, 0.6) is 0 Å². The molecule has 1 atom stereocenters. The van der Waals surface area contributed by atoms with Crippen molar-refractivity contribution in [3.63, 3.8) is 0 Å². The fraction of sp³-hybridized carbons (Fsp3) is 0.250. The van der Waals surface area contributed by atoms with Gasteiger partial charge < -0.3 is 9.88 Å². The normalized spacial score (nSPS) is 13.0. The molecule has 2 N–H and O–H groups in total. The van der Waals surface area contributed by atoms with E-state index in [1.807, 2.05) is 5.32 Å². The summed E-state index contributed by atoms with van der Waals surface area (Å²) in [4.78, 5) is 11.1. The van der Waals surface area contributed by atoms with Crippen molar-refractivity contribution in [1.29, 1.82) is 5.26 Å². The third kappa shape index (κ3) is 4.41. The molecule has 7 nitrogen and oxygen atoms in total. The fourth-order valence-corrected chi connectivity index (χ4v) is 3.67. The molecule has 0 aliphatic heterocycles. The number of sulfonamides is 1. The van der Waals surface area contributed by atoms with Crippen LogP contribution in [0.15, 0.2) is 23.2 Å². The molecular formula is C16H12F6N4O3S. The maximum absolute atomic E-state index is 14.6. The Hall–Kier alpha value is -3.05. The van der Waals surface area contributed by atoms with Gasteiger partial charge in [-0.1, -0.05) is 0 Å². The Balaban J connectivity index is 2.41. The van der Waals surface area contributed by atoms with E-state index in [9.17, 15) is 39.6 Å². The van der Waals surface area contributed by atoms with Gasteiger partial charge in [0.2, 0.25) is 10.0 Å². The molecule has 0 saturated carbocycles. The number of anilines is 1. The molecule has 0 aliphatic carbocycles. The lowest BCUT2D eigenvalue weighted by molar-refractivity contribution is -0.147.